The highest BCUT2D eigenvalue weighted by atomic mass is 35.5. The lowest BCUT2D eigenvalue weighted by Gasteiger charge is -2.35. The SMILES string of the molecule is Cc1ccc(S(=O)(=O)N(CC(=O)N(Cc2ccccc2)[C@@H](Cc2ccccc2)C(=O)NC2CCCCC2)c2cc(Cl)ccc2C)cc1. The maximum absolute atomic E-state index is 14.7. The number of hydrogen-bond acceptors (Lipinski definition) is 4. The third kappa shape index (κ3) is 8.82. The Bertz CT molecular complexity index is 1760. The predicted octanol–water partition coefficient (Wildman–Crippen LogP) is 7.24. The van der Waals surface area contributed by atoms with Gasteiger partial charge in [-0.15, -0.1) is 0 Å². The molecule has 0 unspecified atom stereocenters. The second-order valence-corrected chi connectivity index (χ2v) is 14.6. The first-order valence-electron chi connectivity index (χ1n) is 16.1. The molecular weight excluding hydrogens is 630 g/mol. The molecule has 0 aromatic heterocycles. The number of sulfonamides is 1. The predicted molar refractivity (Wildman–Crippen MR) is 188 cm³/mol. The van der Waals surface area contributed by atoms with E-state index >= 15 is 0 Å². The number of carbonyl (C=O) groups excluding carboxylic acids is 2. The average molecular weight is 672 g/mol. The summed E-state index contributed by atoms with van der Waals surface area (Å²) in [6.07, 6.45) is 5.31. The van der Waals surface area contributed by atoms with Crippen LogP contribution in [0.3, 0.4) is 0 Å². The normalized spacial score (nSPS) is 14.3. The molecular formula is C38H42ClN3O4S. The monoisotopic (exact) mass is 671 g/mol. The number of benzene rings is 4. The molecule has 0 heterocycles. The van der Waals surface area contributed by atoms with Crippen molar-refractivity contribution in [3.63, 3.8) is 0 Å². The number of aryl methyl sites for hydroxylation is 2. The Hall–Kier alpha value is -4.14. The fraction of sp³-hybridized carbons (Fsp3) is 0.316. The molecule has 7 nitrogen and oxygen atoms in total. The first kappa shape index (κ1) is 34.2. The van der Waals surface area contributed by atoms with Gasteiger partial charge in [-0.3, -0.25) is 13.9 Å². The van der Waals surface area contributed by atoms with Gasteiger partial charge in [-0.1, -0.05) is 115 Å². The van der Waals surface area contributed by atoms with Crippen molar-refractivity contribution >= 4 is 39.1 Å². The smallest absolute Gasteiger partial charge is 0.264 e. The van der Waals surface area contributed by atoms with Crippen LogP contribution in [0, 0.1) is 13.8 Å². The molecule has 0 aliphatic heterocycles. The van der Waals surface area contributed by atoms with Crippen LogP contribution in [0.15, 0.2) is 108 Å². The molecule has 0 bridgehead atoms. The zero-order chi connectivity index (χ0) is 33.4. The first-order chi connectivity index (χ1) is 22.6. The van der Waals surface area contributed by atoms with E-state index in [4.69, 9.17) is 11.6 Å². The highest BCUT2D eigenvalue weighted by molar-refractivity contribution is 7.92. The fourth-order valence-electron chi connectivity index (χ4n) is 6.08. The molecule has 4 aromatic rings. The summed E-state index contributed by atoms with van der Waals surface area (Å²) >= 11 is 6.39. The number of hydrogen-bond donors (Lipinski definition) is 1. The summed E-state index contributed by atoms with van der Waals surface area (Å²) in [5, 5.41) is 3.59. The van der Waals surface area contributed by atoms with Gasteiger partial charge in [-0.25, -0.2) is 8.42 Å². The standard InChI is InChI=1S/C38H42ClN3O4S/c1-28-18-22-34(23-19-28)47(45,46)42(35-25-32(39)21-20-29(35)2)27-37(43)41(26-31-14-8-4-9-15-31)36(24-30-12-6-3-7-13-30)38(44)40-33-16-10-5-11-17-33/h3-4,6-9,12-15,18-23,25,33,36H,5,10-11,16-17,24,26-27H2,1-2H3,(H,40,44)/t36-/m0/s1. The van der Waals surface area contributed by atoms with E-state index in [0.29, 0.717) is 16.3 Å². The van der Waals surface area contributed by atoms with Gasteiger partial charge >= 0.3 is 0 Å². The molecule has 0 spiro atoms. The molecule has 4 aromatic carbocycles. The van der Waals surface area contributed by atoms with Gasteiger partial charge in [0, 0.05) is 24.0 Å². The quantitative estimate of drug-likeness (QED) is 0.172. The number of carbonyl (C=O) groups is 2. The summed E-state index contributed by atoms with van der Waals surface area (Å²) in [4.78, 5) is 30.5. The molecule has 1 aliphatic rings. The molecule has 0 saturated heterocycles. The Morgan fingerprint density at radius 1 is 0.830 bits per heavy atom. The lowest BCUT2D eigenvalue weighted by Crippen LogP contribution is -2.55. The topological polar surface area (TPSA) is 86.8 Å². The number of nitrogens with one attached hydrogen (secondary N) is 1. The van der Waals surface area contributed by atoms with Crippen molar-refractivity contribution in [1.82, 2.24) is 10.2 Å². The second kappa shape index (κ2) is 15.6. The summed E-state index contributed by atoms with van der Waals surface area (Å²) in [6, 6.07) is 29.8. The Kier molecular flexibility index (Phi) is 11.4. The molecule has 2 amide bonds. The van der Waals surface area contributed by atoms with Crippen LogP contribution in [0.1, 0.15) is 54.4 Å². The van der Waals surface area contributed by atoms with Gasteiger partial charge in [-0.2, -0.15) is 0 Å². The van der Waals surface area contributed by atoms with Gasteiger partial charge in [-0.05, 0) is 67.6 Å². The van der Waals surface area contributed by atoms with E-state index in [9.17, 15) is 18.0 Å². The molecule has 1 N–H and O–H groups in total. The van der Waals surface area contributed by atoms with Crippen molar-refractivity contribution in [2.45, 2.75) is 75.9 Å². The maximum Gasteiger partial charge on any atom is 0.264 e. The van der Waals surface area contributed by atoms with Crippen LogP contribution in [-0.2, 0) is 32.6 Å². The van der Waals surface area contributed by atoms with Crippen LogP contribution in [-0.4, -0.2) is 43.8 Å². The van der Waals surface area contributed by atoms with Crippen LogP contribution in [0.2, 0.25) is 5.02 Å². The van der Waals surface area contributed by atoms with Crippen molar-refractivity contribution in [3.05, 3.63) is 130 Å². The molecule has 9 heteroatoms. The summed E-state index contributed by atoms with van der Waals surface area (Å²) in [5.41, 5.74) is 3.58. The highest BCUT2D eigenvalue weighted by Crippen LogP contribution is 2.30. The van der Waals surface area contributed by atoms with Gasteiger partial charge in [0.15, 0.2) is 0 Å². The summed E-state index contributed by atoms with van der Waals surface area (Å²) in [7, 11) is -4.21. The molecule has 1 aliphatic carbocycles. The lowest BCUT2D eigenvalue weighted by atomic mass is 9.94. The van der Waals surface area contributed by atoms with Gasteiger partial charge < -0.3 is 10.2 Å². The van der Waals surface area contributed by atoms with Crippen molar-refractivity contribution in [2.75, 3.05) is 10.8 Å². The number of halogens is 1. The minimum atomic E-state index is -4.21. The zero-order valence-corrected chi connectivity index (χ0v) is 28.5. The maximum atomic E-state index is 14.7. The Balaban J connectivity index is 1.57. The van der Waals surface area contributed by atoms with E-state index in [0.717, 1.165) is 53.1 Å². The van der Waals surface area contributed by atoms with Gasteiger partial charge in [0.05, 0.1) is 10.6 Å². The van der Waals surface area contributed by atoms with Crippen LogP contribution in [0.4, 0.5) is 5.69 Å². The number of amides is 2. The number of nitrogens with zero attached hydrogens (tertiary/aromatic N) is 2. The minimum absolute atomic E-state index is 0.0377. The fourth-order valence-corrected chi connectivity index (χ4v) is 7.72. The van der Waals surface area contributed by atoms with E-state index in [1.807, 2.05) is 67.6 Å². The first-order valence-corrected chi connectivity index (χ1v) is 18.0. The van der Waals surface area contributed by atoms with Crippen molar-refractivity contribution in [2.24, 2.45) is 0 Å². The molecule has 1 fully saturated rings. The Labute approximate surface area is 283 Å². The number of anilines is 1. The molecule has 246 valence electrons. The van der Waals surface area contributed by atoms with Crippen molar-refractivity contribution < 1.29 is 18.0 Å². The van der Waals surface area contributed by atoms with E-state index in [1.54, 1.807) is 49.4 Å². The number of rotatable bonds is 12. The van der Waals surface area contributed by atoms with Gasteiger partial charge in [0.1, 0.15) is 12.6 Å². The lowest BCUT2D eigenvalue weighted by molar-refractivity contribution is -0.140. The third-order valence-corrected chi connectivity index (χ3v) is 10.8. The van der Waals surface area contributed by atoms with Gasteiger partial charge in [0.2, 0.25) is 11.8 Å². The second-order valence-electron chi connectivity index (χ2n) is 12.3. The minimum Gasteiger partial charge on any atom is -0.352 e. The van der Waals surface area contributed by atoms with Gasteiger partial charge in [0.25, 0.3) is 10.0 Å². The van der Waals surface area contributed by atoms with Crippen molar-refractivity contribution in [3.8, 4) is 0 Å². The van der Waals surface area contributed by atoms with Crippen LogP contribution in [0.25, 0.3) is 0 Å². The molecule has 1 saturated carbocycles. The van der Waals surface area contributed by atoms with Crippen LogP contribution in [0.5, 0.6) is 0 Å². The van der Waals surface area contributed by atoms with E-state index in [2.05, 4.69) is 5.32 Å². The van der Waals surface area contributed by atoms with E-state index < -0.39 is 28.5 Å². The largest absolute Gasteiger partial charge is 0.352 e. The van der Waals surface area contributed by atoms with Crippen LogP contribution < -0.4 is 9.62 Å². The van der Waals surface area contributed by atoms with E-state index in [-0.39, 0.29) is 29.8 Å². The zero-order valence-electron chi connectivity index (χ0n) is 26.9. The highest BCUT2D eigenvalue weighted by Gasteiger charge is 2.36. The third-order valence-electron chi connectivity index (χ3n) is 8.75. The summed E-state index contributed by atoms with van der Waals surface area (Å²) < 4.78 is 29.8. The summed E-state index contributed by atoms with van der Waals surface area (Å²) in [5.74, 6) is -0.736. The Morgan fingerprint density at radius 3 is 2.09 bits per heavy atom. The molecule has 47 heavy (non-hydrogen) atoms. The molecule has 5 rings (SSSR count). The average Bonchev–Trinajstić information content (AvgIpc) is 3.08. The van der Waals surface area contributed by atoms with Crippen LogP contribution >= 0.6 is 11.6 Å². The Morgan fingerprint density at radius 2 is 1.45 bits per heavy atom. The summed E-state index contributed by atoms with van der Waals surface area (Å²) in [6.45, 7) is 3.27. The van der Waals surface area contributed by atoms with Crippen molar-refractivity contribution in [1.29, 1.82) is 0 Å². The molecule has 0 radical (unpaired) electrons. The molecule has 1 atom stereocenters. The van der Waals surface area contributed by atoms with E-state index in [1.165, 1.54) is 4.90 Å².